The maximum absolute atomic E-state index is 11.3. The summed E-state index contributed by atoms with van der Waals surface area (Å²) in [7, 11) is 0. The van der Waals surface area contributed by atoms with E-state index in [-0.39, 0.29) is 5.56 Å². The average Bonchev–Trinajstić information content (AvgIpc) is 2.25. The minimum atomic E-state index is -0.143. The van der Waals surface area contributed by atoms with E-state index >= 15 is 0 Å². The molecule has 1 aromatic heterocycles. The van der Waals surface area contributed by atoms with Crippen LogP contribution in [0.5, 0.6) is 0 Å². The Balaban J connectivity index is 2.26. The van der Waals surface area contributed by atoms with Crippen LogP contribution in [-0.2, 0) is 6.42 Å². The van der Waals surface area contributed by atoms with Crippen molar-refractivity contribution in [1.82, 2.24) is 9.97 Å². The first kappa shape index (κ1) is 10.1. The molecule has 0 saturated heterocycles. The van der Waals surface area contributed by atoms with E-state index < -0.39 is 0 Å². The lowest BCUT2D eigenvalue weighted by Crippen LogP contribution is -2.11. The molecule has 0 aliphatic carbocycles. The van der Waals surface area contributed by atoms with Gasteiger partial charge < -0.3 is 4.98 Å². The van der Waals surface area contributed by atoms with Crippen LogP contribution in [0.3, 0.4) is 0 Å². The smallest absolute Gasteiger partial charge is 0.265 e. The van der Waals surface area contributed by atoms with Gasteiger partial charge in [-0.1, -0.05) is 30.3 Å². The minimum absolute atomic E-state index is 0.143. The van der Waals surface area contributed by atoms with Crippen LogP contribution in [0.4, 0.5) is 0 Å². The monoisotopic (exact) mass is 264 g/mol. The predicted octanol–water partition coefficient (Wildman–Crippen LogP) is 2.12. The van der Waals surface area contributed by atoms with Crippen molar-refractivity contribution >= 4 is 15.9 Å². The third kappa shape index (κ3) is 2.53. The summed E-state index contributed by atoms with van der Waals surface area (Å²) in [6.45, 7) is 0. The molecule has 15 heavy (non-hydrogen) atoms. The molecule has 0 amide bonds. The molecule has 1 heterocycles. The largest absolute Gasteiger partial charge is 0.309 e. The maximum atomic E-state index is 11.3. The van der Waals surface area contributed by atoms with Crippen molar-refractivity contribution < 1.29 is 0 Å². The summed E-state index contributed by atoms with van der Waals surface area (Å²) in [6, 6.07) is 9.89. The zero-order chi connectivity index (χ0) is 10.7. The highest BCUT2D eigenvalue weighted by molar-refractivity contribution is 9.10. The Bertz CT molecular complexity index is 507. The number of hydrogen-bond acceptors (Lipinski definition) is 2. The highest BCUT2D eigenvalue weighted by Gasteiger charge is 2.00. The molecular weight excluding hydrogens is 256 g/mol. The van der Waals surface area contributed by atoms with Crippen LogP contribution >= 0.6 is 15.9 Å². The number of nitrogens with one attached hydrogen (secondary N) is 1. The second-order valence-corrected chi connectivity index (χ2v) is 4.02. The second-order valence-electron chi connectivity index (χ2n) is 3.17. The lowest BCUT2D eigenvalue weighted by molar-refractivity contribution is 0.938. The van der Waals surface area contributed by atoms with Gasteiger partial charge in [0.25, 0.3) is 5.56 Å². The quantitative estimate of drug-likeness (QED) is 0.904. The molecule has 2 rings (SSSR count). The Morgan fingerprint density at radius 3 is 2.67 bits per heavy atom. The van der Waals surface area contributed by atoms with E-state index in [0.717, 1.165) is 5.56 Å². The fourth-order valence-electron chi connectivity index (χ4n) is 1.30. The molecule has 0 fully saturated rings. The third-order valence-corrected chi connectivity index (χ3v) is 2.59. The average molecular weight is 265 g/mol. The Hall–Kier alpha value is -1.42. The van der Waals surface area contributed by atoms with Crippen LogP contribution in [0.1, 0.15) is 11.4 Å². The van der Waals surface area contributed by atoms with E-state index in [1.165, 1.54) is 6.20 Å². The van der Waals surface area contributed by atoms with Gasteiger partial charge in [0.05, 0.1) is 0 Å². The summed E-state index contributed by atoms with van der Waals surface area (Å²) < 4.78 is 0.458. The molecule has 0 radical (unpaired) electrons. The van der Waals surface area contributed by atoms with Crippen LogP contribution in [0.15, 0.2) is 45.8 Å². The number of benzene rings is 1. The summed E-state index contributed by atoms with van der Waals surface area (Å²) in [5.41, 5.74) is 0.985. The van der Waals surface area contributed by atoms with Crippen LogP contribution in [0, 0.1) is 0 Å². The summed E-state index contributed by atoms with van der Waals surface area (Å²) in [4.78, 5) is 18.1. The van der Waals surface area contributed by atoms with Gasteiger partial charge in [-0.15, -0.1) is 0 Å². The number of halogens is 1. The van der Waals surface area contributed by atoms with Crippen LogP contribution in [0.25, 0.3) is 0 Å². The number of aromatic amines is 1. The lowest BCUT2D eigenvalue weighted by Gasteiger charge is -2.00. The van der Waals surface area contributed by atoms with Gasteiger partial charge in [0.2, 0.25) is 0 Å². The fraction of sp³-hybridized carbons (Fsp3) is 0.0909. The van der Waals surface area contributed by atoms with Crippen LogP contribution < -0.4 is 5.56 Å². The van der Waals surface area contributed by atoms with Gasteiger partial charge >= 0.3 is 0 Å². The molecular formula is C11H9BrN2O. The molecule has 76 valence electrons. The van der Waals surface area contributed by atoms with E-state index in [4.69, 9.17) is 0 Å². The number of H-pyrrole nitrogens is 1. The summed E-state index contributed by atoms with van der Waals surface area (Å²) in [5, 5.41) is 0. The molecule has 2 aromatic rings. The van der Waals surface area contributed by atoms with Gasteiger partial charge in [0, 0.05) is 12.6 Å². The Labute approximate surface area is 95.3 Å². The molecule has 0 unspecified atom stereocenters. The van der Waals surface area contributed by atoms with E-state index in [1.54, 1.807) is 0 Å². The van der Waals surface area contributed by atoms with Crippen molar-refractivity contribution in [3.05, 3.63) is 62.7 Å². The number of hydrogen-bond donors (Lipinski definition) is 1. The first-order valence-corrected chi connectivity index (χ1v) is 5.32. The predicted molar refractivity (Wildman–Crippen MR) is 61.8 cm³/mol. The minimum Gasteiger partial charge on any atom is -0.309 e. The van der Waals surface area contributed by atoms with E-state index in [9.17, 15) is 4.79 Å². The van der Waals surface area contributed by atoms with Gasteiger partial charge in [0.1, 0.15) is 10.3 Å². The zero-order valence-electron chi connectivity index (χ0n) is 7.90. The SMILES string of the molecule is O=c1[nH]c(Cc2ccccc2)ncc1Br. The van der Waals surface area contributed by atoms with Crippen molar-refractivity contribution in [3.8, 4) is 0 Å². The zero-order valence-corrected chi connectivity index (χ0v) is 9.49. The molecule has 0 aliphatic heterocycles. The first-order valence-electron chi connectivity index (χ1n) is 4.53. The molecule has 0 bridgehead atoms. The first-order chi connectivity index (χ1) is 7.25. The summed E-state index contributed by atoms with van der Waals surface area (Å²) in [5.74, 6) is 0.675. The van der Waals surface area contributed by atoms with Crippen molar-refractivity contribution in [1.29, 1.82) is 0 Å². The lowest BCUT2D eigenvalue weighted by atomic mass is 10.1. The Kier molecular flexibility index (Phi) is 2.97. The van der Waals surface area contributed by atoms with Crippen molar-refractivity contribution in [3.63, 3.8) is 0 Å². The topological polar surface area (TPSA) is 45.8 Å². The maximum Gasteiger partial charge on any atom is 0.265 e. The molecule has 0 aliphatic rings. The summed E-state index contributed by atoms with van der Waals surface area (Å²) >= 11 is 3.11. The van der Waals surface area contributed by atoms with Crippen molar-refractivity contribution in [2.75, 3.05) is 0 Å². The second kappa shape index (κ2) is 4.40. The van der Waals surface area contributed by atoms with E-state index in [1.807, 2.05) is 30.3 Å². The highest BCUT2D eigenvalue weighted by atomic mass is 79.9. The molecule has 1 aromatic carbocycles. The van der Waals surface area contributed by atoms with Crippen LogP contribution in [0.2, 0.25) is 0 Å². The molecule has 0 spiro atoms. The third-order valence-electron chi connectivity index (χ3n) is 2.02. The highest BCUT2D eigenvalue weighted by Crippen LogP contribution is 2.05. The number of aromatic nitrogens is 2. The number of nitrogens with zero attached hydrogens (tertiary/aromatic N) is 1. The van der Waals surface area contributed by atoms with Gasteiger partial charge in [-0.05, 0) is 21.5 Å². The normalized spacial score (nSPS) is 10.2. The fourth-order valence-corrected chi connectivity index (χ4v) is 1.50. The van der Waals surface area contributed by atoms with Gasteiger partial charge in [-0.25, -0.2) is 4.98 Å². The molecule has 0 saturated carbocycles. The van der Waals surface area contributed by atoms with E-state index in [0.29, 0.717) is 16.7 Å². The van der Waals surface area contributed by atoms with E-state index in [2.05, 4.69) is 25.9 Å². The Morgan fingerprint density at radius 2 is 2.00 bits per heavy atom. The number of rotatable bonds is 2. The Morgan fingerprint density at radius 1 is 1.27 bits per heavy atom. The van der Waals surface area contributed by atoms with Crippen LogP contribution in [-0.4, -0.2) is 9.97 Å². The standard InChI is InChI=1S/C11H9BrN2O/c12-9-7-13-10(14-11(9)15)6-8-4-2-1-3-5-8/h1-5,7H,6H2,(H,13,14,15). The molecule has 0 atom stereocenters. The molecule has 1 N–H and O–H groups in total. The molecule has 3 nitrogen and oxygen atoms in total. The van der Waals surface area contributed by atoms with Gasteiger partial charge in [-0.2, -0.15) is 0 Å². The van der Waals surface area contributed by atoms with Gasteiger partial charge in [0.15, 0.2) is 0 Å². The van der Waals surface area contributed by atoms with Crippen molar-refractivity contribution in [2.24, 2.45) is 0 Å². The summed E-state index contributed by atoms with van der Waals surface area (Å²) in [6.07, 6.45) is 2.17. The van der Waals surface area contributed by atoms with Gasteiger partial charge in [-0.3, -0.25) is 4.79 Å². The molecule has 4 heteroatoms. The van der Waals surface area contributed by atoms with Crippen molar-refractivity contribution in [2.45, 2.75) is 6.42 Å².